The standard InChI is InChI=1S/C18H26.C10H20.3C4H10.2C2H6.C2H4.C2H2/c1-6-9-11-18(12-10-7-2)15-17(5)14-13-16(4)8-3;1-4-7-8-9-10(5-2)6-3;1-4(2)3;2*1-3-4-2;4*1-2/h6,8-9,13-14H,1,3,7,10,12,15H2,2,4-5H3;5H,4,6-9H2,1-3H3;4H,1-3H3;2*3-4H2,1-2H3;2*1-2H3;1-2H2;1-2H/b16-13-,17-14+;10-5+;;;;;;;. The SMILES string of the molecule is C#C.C/C=C(\CC)CCCCC.C=C.C=CC=C=C(CCCC)C/C(C)=C/C=C(/C)C=C.CC.CC.CC(C)C.CCCC.CCCC. The van der Waals surface area contributed by atoms with Crippen LogP contribution in [0.3, 0.4) is 0 Å². The summed E-state index contributed by atoms with van der Waals surface area (Å²) in [6.45, 7) is 49.7. The average Bonchev–Trinajstić information content (AvgIpc) is 3.13. The van der Waals surface area contributed by atoms with Crippen LogP contribution in [0.15, 0.2) is 90.8 Å². The van der Waals surface area contributed by atoms with Gasteiger partial charge in [-0.3, -0.25) is 0 Å². The number of hydrogen-bond acceptors (Lipinski definition) is 0. The van der Waals surface area contributed by atoms with Crippen LogP contribution in [0.4, 0.5) is 0 Å². The van der Waals surface area contributed by atoms with Gasteiger partial charge < -0.3 is 0 Å². The van der Waals surface area contributed by atoms with Gasteiger partial charge in [0.1, 0.15) is 0 Å². The van der Waals surface area contributed by atoms with Gasteiger partial charge in [0.25, 0.3) is 0 Å². The molecule has 0 heteroatoms. The van der Waals surface area contributed by atoms with E-state index in [0.29, 0.717) is 0 Å². The first-order valence-corrected chi connectivity index (χ1v) is 19.5. The van der Waals surface area contributed by atoms with Crippen LogP contribution < -0.4 is 0 Å². The van der Waals surface area contributed by atoms with Crippen molar-refractivity contribution in [1.29, 1.82) is 0 Å². The van der Waals surface area contributed by atoms with Crippen molar-refractivity contribution < 1.29 is 0 Å². The van der Waals surface area contributed by atoms with Crippen LogP contribution in [0.5, 0.6) is 0 Å². The Hall–Kier alpha value is -2.48. The molecule has 0 atom stereocenters. The lowest BCUT2D eigenvalue weighted by Gasteiger charge is -2.04. The summed E-state index contributed by atoms with van der Waals surface area (Å²) < 4.78 is 0. The van der Waals surface area contributed by atoms with Crippen molar-refractivity contribution in [2.24, 2.45) is 5.92 Å². The Morgan fingerprint density at radius 2 is 1.08 bits per heavy atom. The molecule has 0 aliphatic heterocycles. The van der Waals surface area contributed by atoms with E-state index in [4.69, 9.17) is 0 Å². The van der Waals surface area contributed by atoms with Crippen LogP contribution in [-0.2, 0) is 0 Å². The van der Waals surface area contributed by atoms with E-state index in [1.165, 1.54) is 87.3 Å². The Labute approximate surface area is 309 Å². The Morgan fingerprint density at radius 3 is 1.38 bits per heavy atom. The Kier molecular flexibility index (Phi) is 112. The molecule has 0 heterocycles. The van der Waals surface area contributed by atoms with E-state index < -0.39 is 0 Å². The van der Waals surface area contributed by atoms with Crippen LogP contribution >= 0.6 is 0 Å². The summed E-state index contributed by atoms with van der Waals surface area (Å²) in [5, 5.41) is 0. The first kappa shape index (κ1) is 67.6. The lowest BCUT2D eigenvalue weighted by Crippen LogP contribution is -1.85. The lowest BCUT2D eigenvalue weighted by atomic mass is 10.0. The summed E-state index contributed by atoms with van der Waals surface area (Å²) in [5.74, 6) is 0.833. The van der Waals surface area contributed by atoms with Crippen molar-refractivity contribution in [3.05, 3.63) is 90.8 Å². The minimum atomic E-state index is 0.833. The fourth-order valence-corrected chi connectivity index (χ4v) is 2.64. The fourth-order valence-electron chi connectivity index (χ4n) is 2.64. The number of rotatable bonds is 15. The molecule has 0 aromatic heterocycles. The van der Waals surface area contributed by atoms with Crippen molar-refractivity contribution in [2.75, 3.05) is 0 Å². The minimum absolute atomic E-state index is 0.833. The molecule has 0 radical (unpaired) electrons. The Bertz CT molecular complexity index is 700. The third kappa shape index (κ3) is 104. The molecule has 0 aromatic rings. The monoisotopic (exact) mass is 671 g/mol. The second kappa shape index (κ2) is 79.7. The first-order chi connectivity index (χ1) is 23.0. The Balaban J connectivity index is -0.0000000610. The highest BCUT2D eigenvalue weighted by Gasteiger charge is 1.97. The topological polar surface area (TPSA) is 0 Å². The molecule has 0 saturated carbocycles. The van der Waals surface area contributed by atoms with E-state index in [1.54, 1.807) is 11.6 Å². The third-order valence-corrected chi connectivity index (χ3v) is 5.65. The molecule has 0 bridgehead atoms. The minimum Gasteiger partial charge on any atom is -0.124 e. The van der Waals surface area contributed by atoms with Gasteiger partial charge in [0.15, 0.2) is 0 Å². The zero-order valence-corrected chi connectivity index (χ0v) is 36.7. The summed E-state index contributed by atoms with van der Waals surface area (Å²) in [5.41, 5.74) is 8.85. The summed E-state index contributed by atoms with van der Waals surface area (Å²) in [4.78, 5) is 0. The summed E-state index contributed by atoms with van der Waals surface area (Å²) in [7, 11) is 0. The van der Waals surface area contributed by atoms with Crippen molar-refractivity contribution >= 4 is 0 Å². The molecule has 0 amide bonds. The van der Waals surface area contributed by atoms with Crippen LogP contribution in [0.1, 0.15) is 201 Å². The van der Waals surface area contributed by atoms with Gasteiger partial charge in [-0.25, -0.2) is 0 Å². The summed E-state index contributed by atoms with van der Waals surface area (Å²) >= 11 is 0. The van der Waals surface area contributed by atoms with Crippen molar-refractivity contribution in [2.45, 2.75) is 201 Å². The van der Waals surface area contributed by atoms with Crippen molar-refractivity contribution in [3.63, 3.8) is 0 Å². The molecule has 0 aliphatic carbocycles. The van der Waals surface area contributed by atoms with Crippen molar-refractivity contribution in [3.8, 4) is 12.8 Å². The summed E-state index contributed by atoms with van der Waals surface area (Å²) in [6, 6.07) is 0. The molecule has 0 rings (SSSR count). The van der Waals surface area contributed by atoms with Gasteiger partial charge in [0.2, 0.25) is 0 Å². The number of unbranched alkanes of at least 4 members (excludes halogenated alkanes) is 5. The zero-order chi connectivity index (χ0) is 40.0. The van der Waals surface area contributed by atoms with Gasteiger partial charge in [-0.05, 0) is 76.9 Å². The quantitative estimate of drug-likeness (QED) is 0.0535. The van der Waals surface area contributed by atoms with Gasteiger partial charge in [0, 0.05) is 0 Å². The van der Waals surface area contributed by atoms with Crippen molar-refractivity contribution in [1.82, 2.24) is 0 Å². The predicted molar refractivity (Wildman–Crippen MR) is 237 cm³/mol. The van der Waals surface area contributed by atoms with Gasteiger partial charge in [-0.2, -0.15) is 0 Å². The van der Waals surface area contributed by atoms with E-state index in [9.17, 15) is 0 Å². The number of terminal acetylenes is 1. The van der Waals surface area contributed by atoms with Gasteiger partial charge in [-0.15, -0.1) is 31.7 Å². The molecule has 48 heavy (non-hydrogen) atoms. The molecule has 0 aliphatic rings. The predicted octanol–water partition coefficient (Wildman–Crippen LogP) is 18.2. The maximum atomic E-state index is 4.00. The van der Waals surface area contributed by atoms with E-state index >= 15 is 0 Å². The summed E-state index contributed by atoms with van der Waals surface area (Å²) in [6.07, 6.45) is 36.6. The number of hydrogen-bond donors (Lipinski definition) is 0. The van der Waals surface area contributed by atoms with Gasteiger partial charge >= 0.3 is 0 Å². The van der Waals surface area contributed by atoms with Gasteiger partial charge in [-0.1, -0.05) is 202 Å². The highest BCUT2D eigenvalue weighted by Crippen LogP contribution is 2.16. The second-order valence-electron chi connectivity index (χ2n) is 11.0. The number of allylic oxidation sites excluding steroid dienone is 9. The van der Waals surface area contributed by atoms with Crippen LogP contribution in [0, 0.1) is 18.8 Å². The lowest BCUT2D eigenvalue weighted by molar-refractivity contribution is 0.701. The smallest absolute Gasteiger partial charge is 0.00318 e. The Morgan fingerprint density at radius 1 is 0.667 bits per heavy atom. The molecule has 0 unspecified atom stereocenters. The van der Waals surface area contributed by atoms with Crippen LogP contribution in [0.2, 0.25) is 0 Å². The van der Waals surface area contributed by atoms with E-state index in [2.05, 4.69) is 153 Å². The van der Waals surface area contributed by atoms with E-state index in [-0.39, 0.29) is 0 Å². The largest absolute Gasteiger partial charge is 0.124 e. The van der Waals surface area contributed by atoms with Crippen LogP contribution in [-0.4, -0.2) is 0 Å². The van der Waals surface area contributed by atoms with E-state index in [0.717, 1.165) is 18.8 Å². The highest BCUT2D eigenvalue weighted by molar-refractivity contribution is 5.24. The van der Waals surface area contributed by atoms with E-state index in [1.807, 2.05) is 39.8 Å². The molecule has 0 fully saturated rings. The molecule has 0 spiro atoms. The molecular weight excluding hydrogens is 577 g/mol. The molecule has 0 N–H and O–H groups in total. The second-order valence-corrected chi connectivity index (χ2v) is 11.0. The molecular formula is C48H94. The average molecular weight is 671 g/mol. The molecule has 0 aromatic carbocycles. The molecule has 0 saturated heterocycles. The molecule has 0 nitrogen and oxygen atoms in total. The fraction of sp³-hybridized carbons (Fsp3) is 0.646. The van der Waals surface area contributed by atoms with Gasteiger partial charge in [0.05, 0.1) is 0 Å². The molecule has 286 valence electrons. The normalized spacial score (nSPS) is 9.29. The third-order valence-electron chi connectivity index (χ3n) is 5.65. The maximum Gasteiger partial charge on any atom is -0.00318 e. The maximum absolute atomic E-state index is 4.00. The highest BCUT2D eigenvalue weighted by atomic mass is 14.0. The van der Waals surface area contributed by atoms with Crippen LogP contribution in [0.25, 0.3) is 0 Å². The first-order valence-electron chi connectivity index (χ1n) is 19.5. The zero-order valence-electron chi connectivity index (χ0n) is 36.7.